The van der Waals surface area contributed by atoms with Gasteiger partial charge in [-0.25, -0.2) is 4.79 Å². The lowest BCUT2D eigenvalue weighted by Gasteiger charge is -2.15. The van der Waals surface area contributed by atoms with Crippen molar-refractivity contribution in [3.8, 4) is 0 Å². The highest BCUT2D eigenvalue weighted by molar-refractivity contribution is 5.92. The van der Waals surface area contributed by atoms with Crippen molar-refractivity contribution in [1.29, 1.82) is 0 Å². The maximum absolute atomic E-state index is 11.3. The number of allylic oxidation sites excluding steroid dienone is 1. The van der Waals surface area contributed by atoms with Crippen molar-refractivity contribution in [3.63, 3.8) is 0 Å². The molecule has 106 valence electrons. The van der Waals surface area contributed by atoms with Gasteiger partial charge in [-0.05, 0) is 13.8 Å². The summed E-state index contributed by atoms with van der Waals surface area (Å²) >= 11 is 0. The van der Waals surface area contributed by atoms with Gasteiger partial charge in [0.15, 0.2) is 0 Å². The maximum atomic E-state index is 11.3. The van der Waals surface area contributed by atoms with Crippen molar-refractivity contribution in [2.75, 3.05) is 6.61 Å². The van der Waals surface area contributed by atoms with E-state index in [0.29, 0.717) is 5.76 Å². The number of hydrogen-bond donors (Lipinski definition) is 1. The van der Waals surface area contributed by atoms with Crippen LogP contribution in [0.25, 0.3) is 0 Å². The number of carboxylic acid groups (broad SMARTS) is 1. The fraction of sp³-hybridized carbons (Fsp3) is 0.385. The first-order valence-corrected chi connectivity index (χ1v) is 5.53. The van der Waals surface area contributed by atoms with Gasteiger partial charge in [0.1, 0.15) is 24.7 Å². The van der Waals surface area contributed by atoms with Crippen LogP contribution >= 0.6 is 0 Å². The van der Waals surface area contributed by atoms with Crippen LogP contribution in [0.3, 0.4) is 0 Å². The zero-order valence-corrected chi connectivity index (χ0v) is 11.0. The van der Waals surface area contributed by atoms with E-state index in [0.717, 1.165) is 0 Å². The quantitative estimate of drug-likeness (QED) is 0.392. The molecular formula is C13H18O6. The predicted octanol–water partition coefficient (Wildman–Crippen LogP) is 1.99. The zero-order chi connectivity index (χ0) is 14.8. The van der Waals surface area contributed by atoms with Crippen molar-refractivity contribution in [2.45, 2.75) is 26.4 Å². The molecule has 6 heteroatoms. The molecule has 0 aromatic heterocycles. The highest BCUT2D eigenvalue weighted by Gasteiger charge is 2.14. The molecule has 0 amide bonds. The van der Waals surface area contributed by atoms with Crippen LogP contribution in [-0.2, 0) is 23.8 Å². The molecule has 0 fully saturated rings. The fourth-order valence-corrected chi connectivity index (χ4v) is 1.07. The molecule has 0 heterocycles. The summed E-state index contributed by atoms with van der Waals surface area (Å²) in [6, 6.07) is 0. The SMILES string of the molecule is C=COC=C(C)OC(C)COC(=O)C(=C)CC(=O)O. The second-order valence-corrected chi connectivity index (χ2v) is 3.73. The van der Waals surface area contributed by atoms with Crippen LogP contribution in [0.5, 0.6) is 0 Å². The Bertz CT molecular complexity index is 383. The first-order valence-electron chi connectivity index (χ1n) is 5.53. The smallest absolute Gasteiger partial charge is 0.334 e. The van der Waals surface area contributed by atoms with E-state index in [4.69, 9.17) is 19.3 Å². The van der Waals surface area contributed by atoms with E-state index in [9.17, 15) is 9.59 Å². The Balaban J connectivity index is 4.05. The molecule has 0 bridgehead atoms. The molecule has 19 heavy (non-hydrogen) atoms. The molecular weight excluding hydrogens is 252 g/mol. The standard InChI is InChI=1S/C13H18O6/c1-5-17-7-10(3)19-11(4)8-18-13(16)9(2)6-12(14)15/h5,7,11H,1-2,6,8H2,3-4H3,(H,14,15). The van der Waals surface area contributed by atoms with Crippen LogP contribution in [0.15, 0.2) is 37.0 Å². The third-order valence-electron chi connectivity index (χ3n) is 1.82. The van der Waals surface area contributed by atoms with E-state index in [1.165, 1.54) is 12.5 Å². The number of rotatable bonds is 9. The number of carboxylic acids is 1. The largest absolute Gasteiger partial charge is 0.489 e. The average molecular weight is 270 g/mol. The molecule has 0 saturated heterocycles. The second-order valence-electron chi connectivity index (χ2n) is 3.73. The molecule has 0 aliphatic rings. The van der Waals surface area contributed by atoms with Crippen molar-refractivity contribution in [2.24, 2.45) is 0 Å². The highest BCUT2D eigenvalue weighted by Crippen LogP contribution is 2.06. The van der Waals surface area contributed by atoms with Crippen LogP contribution < -0.4 is 0 Å². The first kappa shape index (κ1) is 16.8. The summed E-state index contributed by atoms with van der Waals surface area (Å²) in [6.07, 6.45) is 1.76. The molecule has 0 radical (unpaired) electrons. The lowest BCUT2D eigenvalue weighted by Crippen LogP contribution is -2.20. The van der Waals surface area contributed by atoms with Crippen LogP contribution in [-0.4, -0.2) is 29.8 Å². The van der Waals surface area contributed by atoms with Crippen molar-refractivity contribution < 1.29 is 28.9 Å². The van der Waals surface area contributed by atoms with E-state index in [1.54, 1.807) is 13.8 Å². The Morgan fingerprint density at radius 1 is 1.42 bits per heavy atom. The Morgan fingerprint density at radius 3 is 2.58 bits per heavy atom. The Hall–Kier alpha value is -2.24. The average Bonchev–Trinajstić information content (AvgIpc) is 2.32. The number of aliphatic carboxylic acids is 1. The minimum absolute atomic E-state index is 0.0171. The van der Waals surface area contributed by atoms with Gasteiger partial charge in [-0.1, -0.05) is 13.2 Å². The summed E-state index contributed by atoms with van der Waals surface area (Å²) in [7, 11) is 0. The number of carbonyl (C=O) groups is 2. The highest BCUT2D eigenvalue weighted by atomic mass is 16.6. The Morgan fingerprint density at radius 2 is 2.05 bits per heavy atom. The van der Waals surface area contributed by atoms with Crippen molar-refractivity contribution in [1.82, 2.24) is 0 Å². The van der Waals surface area contributed by atoms with Gasteiger partial charge in [-0.15, -0.1) is 0 Å². The summed E-state index contributed by atoms with van der Waals surface area (Å²) < 4.78 is 15.0. The topological polar surface area (TPSA) is 82.1 Å². The predicted molar refractivity (Wildman–Crippen MR) is 67.9 cm³/mol. The molecule has 1 N–H and O–H groups in total. The maximum Gasteiger partial charge on any atom is 0.334 e. The van der Waals surface area contributed by atoms with Crippen LogP contribution in [0.2, 0.25) is 0 Å². The number of esters is 1. The Labute approximate surface area is 112 Å². The van der Waals surface area contributed by atoms with Crippen molar-refractivity contribution >= 4 is 11.9 Å². The molecule has 0 aliphatic heterocycles. The number of ether oxygens (including phenoxy) is 3. The van der Waals surface area contributed by atoms with Gasteiger partial charge in [0.25, 0.3) is 0 Å². The summed E-state index contributed by atoms with van der Waals surface area (Å²) in [4.78, 5) is 21.7. The molecule has 1 unspecified atom stereocenters. The summed E-state index contributed by atoms with van der Waals surface area (Å²) in [6.45, 7) is 10.0. The minimum Gasteiger partial charge on any atom is -0.489 e. The molecule has 0 rings (SSSR count). The number of hydrogen-bond acceptors (Lipinski definition) is 5. The molecule has 0 aromatic rings. The van der Waals surface area contributed by atoms with Crippen molar-refractivity contribution in [3.05, 3.63) is 37.0 Å². The second kappa shape index (κ2) is 8.79. The van der Waals surface area contributed by atoms with Crippen LogP contribution in [0.4, 0.5) is 0 Å². The summed E-state index contributed by atoms with van der Waals surface area (Å²) in [5.41, 5.74) is -0.109. The molecule has 0 aliphatic carbocycles. The van der Waals surface area contributed by atoms with Gasteiger partial charge < -0.3 is 19.3 Å². The third-order valence-corrected chi connectivity index (χ3v) is 1.82. The lowest BCUT2D eigenvalue weighted by molar-refractivity contribution is -0.144. The van der Waals surface area contributed by atoms with Gasteiger partial charge in [0.2, 0.25) is 0 Å². The van der Waals surface area contributed by atoms with Gasteiger partial charge in [-0.3, -0.25) is 4.79 Å². The molecule has 0 spiro atoms. The third kappa shape index (κ3) is 8.48. The van der Waals surface area contributed by atoms with E-state index in [-0.39, 0.29) is 12.2 Å². The van der Waals surface area contributed by atoms with Gasteiger partial charge in [0.05, 0.1) is 12.7 Å². The zero-order valence-electron chi connectivity index (χ0n) is 11.0. The monoisotopic (exact) mass is 270 g/mol. The normalized spacial score (nSPS) is 12.2. The van der Waals surface area contributed by atoms with Gasteiger partial charge in [-0.2, -0.15) is 0 Å². The van der Waals surface area contributed by atoms with E-state index in [2.05, 4.69) is 13.2 Å². The molecule has 6 nitrogen and oxygen atoms in total. The summed E-state index contributed by atoms with van der Waals surface area (Å²) in [5, 5.41) is 8.49. The lowest BCUT2D eigenvalue weighted by atomic mass is 10.2. The molecule has 0 aromatic carbocycles. The Kier molecular flexibility index (Phi) is 7.76. The summed E-state index contributed by atoms with van der Waals surface area (Å²) in [5.74, 6) is -1.39. The fourth-order valence-electron chi connectivity index (χ4n) is 1.07. The number of carbonyl (C=O) groups excluding carboxylic acids is 1. The van der Waals surface area contributed by atoms with Gasteiger partial charge in [0, 0.05) is 5.57 Å². The first-order chi connectivity index (χ1) is 8.86. The molecule has 0 saturated carbocycles. The van der Waals surface area contributed by atoms with Gasteiger partial charge >= 0.3 is 11.9 Å². The van der Waals surface area contributed by atoms with E-state index in [1.807, 2.05) is 0 Å². The van der Waals surface area contributed by atoms with Crippen LogP contribution in [0, 0.1) is 0 Å². The molecule has 1 atom stereocenters. The van der Waals surface area contributed by atoms with Crippen LogP contribution in [0.1, 0.15) is 20.3 Å². The van der Waals surface area contributed by atoms with E-state index >= 15 is 0 Å². The minimum atomic E-state index is -1.13. The van der Waals surface area contributed by atoms with E-state index < -0.39 is 24.5 Å².